The molecule has 0 unspecified atom stereocenters. The second-order valence-corrected chi connectivity index (χ2v) is 3.64. The van der Waals surface area contributed by atoms with Crippen molar-refractivity contribution in [3.05, 3.63) is 30.5 Å². The molecule has 0 radical (unpaired) electrons. The molecule has 3 N–H and O–H groups in total. The third-order valence-electron chi connectivity index (χ3n) is 2.34. The molecular formula is C11H14N4. The van der Waals surface area contributed by atoms with Gasteiger partial charge in [-0.25, -0.2) is 0 Å². The summed E-state index contributed by atoms with van der Waals surface area (Å²) in [4.78, 5) is 2.06. The molecule has 78 valence electrons. The topological polar surface area (TPSA) is 57.9 Å². The Hall–Kier alpha value is -1.97. The van der Waals surface area contributed by atoms with E-state index >= 15 is 0 Å². The number of benzene rings is 1. The maximum absolute atomic E-state index is 5.77. The van der Waals surface area contributed by atoms with E-state index in [9.17, 15) is 0 Å². The number of H-pyrrole nitrogens is 1. The summed E-state index contributed by atoms with van der Waals surface area (Å²) >= 11 is 0. The number of nitrogen functional groups attached to an aromatic ring is 1. The van der Waals surface area contributed by atoms with Crippen LogP contribution in [0.15, 0.2) is 30.5 Å². The van der Waals surface area contributed by atoms with Crippen molar-refractivity contribution in [2.45, 2.75) is 0 Å². The number of anilines is 2. The Bertz CT molecular complexity index is 459. The van der Waals surface area contributed by atoms with Crippen LogP contribution in [0.3, 0.4) is 0 Å². The van der Waals surface area contributed by atoms with Crippen LogP contribution in [0, 0.1) is 0 Å². The van der Waals surface area contributed by atoms with Crippen LogP contribution >= 0.6 is 0 Å². The fourth-order valence-electron chi connectivity index (χ4n) is 1.48. The van der Waals surface area contributed by atoms with Crippen LogP contribution in [0.25, 0.3) is 11.1 Å². The van der Waals surface area contributed by atoms with Gasteiger partial charge in [-0.1, -0.05) is 12.1 Å². The first-order chi connectivity index (χ1) is 7.18. The number of rotatable bonds is 2. The van der Waals surface area contributed by atoms with Gasteiger partial charge in [0.25, 0.3) is 0 Å². The lowest BCUT2D eigenvalue weighted by Gasteiger charge is -2.13. The summed E-state index contributed by atoms with van der Waals surface area (Å²) in [5, 5.41) is 6.64. The van der Waals surface area contributed by atoms with E-state index in [1.54, 1.807) is 6.20 Å². The van der Waals surface area contributed by atoms with E-state index in [2.05, 4.69) is 27.2 Å². The van der Waals surface area contributed by atoms with Gasteiger partial charge in [0.05, 0.1) is 6.20 Å². The first-order valence-corrected chi connectivity index (χ1v) is 4.75. The van der Waals surface area contributed by atoms with Crippen molar-refractivity contribution in [2.24, 2.45) is 0 Å². The van der Waals surface area contributed by atoms with Crippen molar-refractivity contribution in [3.63, 3.8) is 0 Å². The monoisotopic (exact) mass is 202 g/mol. The highest BCUT2D eigenvalue weighted by molar-refractivity contribution is 5.75. The average Bonchev–Trinajstić information content (AvgIpc) is 2.64. The Morgan fingerprint density at radius 2 is 2.13 bits per heavy atom. The predicted octanol–water partition coefficient (Wildman–Crippen LogP) is 1.72. The average molecular weight is 202 g/mol. The summed E-state index contributed by atoms with van der Waals surface area (Å²) in [5.74, 6) is 0.603. The van der Waals surface area contributed by atoms with Crippen molar-refractivity contribution in [1.29, 1.82) is 0 Å². The molecule has 1 aromatic heterocycles. The molecule has 15 heavy (non-hydrogen) atoms. The lowest BCUT2D eigenvalue weighted by molar-refractivity contribution is 1.10. The zero-order valence-corrected chi connectivity index (χ0v) is 8.86. The quantitative estimate of drug-likeness (QED) is 0.779. The molecule has 0 amide bonds. The minimum atomic E-state index is 0.603. The third kappa shape index (κ3) is 1.79. The standard InChI is InChI=1S/C11H14N4/c1-15(2)9-5-3-4-8(6-9)10-7-13-14-11(10)12/h3-7H,1-2H3,(H3,12,13,14). The zero-order chi connectivity index (χ0) is 10.8. The Morgan fingerprint density at radius 3 is 2.73 bits per heavy atom. The summed E-state index contributed by atoms with van der Waals surface area (Å²) in [6, 6.07) is 8.17. The predicted molar refractivity (Wildman–Crippen MR) is 62.8 cm³/mol. The number of aromatic nitrogens is 2. The van der Waals surface area contributed by atoms with Crippen molar-refractivity contribution in [2.75, 3.05) is 24.7 Å². The second kappa shape index (κ2) is 3.65. The first-order valence-electron chi connectivity index (χ1n) is 4.75. The van der Waals surface area contributed by atoms with Gasteiger partial charge in [-0.3, -0.25) is 5.10 Å². The van der Waals surface area contributed by atoms with Crippen molar-refractivity contribution in [3.8, 4) is 11.1 Å². The zero-order valence-electron chi connectivity index (χ0n) is 8.86. The van der Waals surface area contributed by atoms with Crippen molar-refractivity contribution in [1.82, 2.24) is 10.2 Å². The maximum atomic E-state index is 5.77. The highest BCUT2D eigenvalue weighted by atomic mass is 15.1. The Balaban J connectivity index is 2.46. The lowest BCUT2D eigenvalue weighted by Crippen LogP contribution is -2.08. The van der Waals surface area contributed by atoms with Gasteiger partial charge in [-0.2, -0.15) is 5.10 Å². The number of nitrogens with one attached hydrogen (secondary N) is 1. The van der Waals surface area contributed by atoms with E-state index in [1.165, 1.54) is 0 Å². The summed E-state index contributed by atoms with van der Waals surface area (Å²) in [5.41, 5.74) is 8.93. The van der Waals surface area contributed by atoms with Gasteiger partial charge in [0.15, 0.2) is 0 Å². The first kappa shape index (κ1) is 9.58. The molecule has 0 spiro atoms. The van der Waals surface area contributed by atoms with Gasteiger partial charge in [-0.05, 0) is 17.7 Å². The molecule has 0 aliphatic carbocycles. The molecule has 0 aliphatic heterocycles. The largest absolute Gasteiger partial charge is 0.384 e. The SMILES string of the molecule is CN(C)c1cccc(-c2cn[nH]c2N)c1. The third-order valence-corrected chi connectivity index (χ3v) is 2.34. The number of nitrogens with two attached hydrogens (primary N) is 1. The van der Waals surface area contributed by atoms with E-state index in [1.807, 2.05) is 26.2 Å². The normalized spacial score (nSPS) is 10.3. The minimum absolute atomic E-state index is 0.603. The number of nitrogens with zero attached hydrogens (tertiary/aromatic N) is 2. The molecule has 2 aromatic rings. The molecule has 1 heterocycles. The Labute approximate surface area is 88.7 Å². The fourth-order valence-corrected chi connectivity index (χ4v) is 1.48. The molecule has 0 fully saturated rings. The molecule has 0 bridgehead atoms. The van der Waals surface area contributed by atoms with E-state index < -0.39 is 0 Å². The molecule has 4 nitrogen and oxygen atoms in total. The van der Waals surface area contributed by atoms with Crippen LogP contribution in [-0.2, 0) is 0 Å². The summed E-state index contributed by atoms with van der Waals surface area (Å²) in [6.07, 6.45) is 1.74. The van der Waals surface area contributed by atoms with Crippen LogP contribution in [0.5, 0.6) is 0 Å². The molecule has 0 aliphatic rings. The van der Waals surface area contributed by atoms with Gasteiger partial charge in [0.2, 0.25) is 0 Å². The van der Waals surface area contributed by atoms with Gasteiger partial charge in [0, 0.05) is 25.3 Å². The highest BCUT2D eigenvalue weighted by Gasteiger charge is 2.05. The van der Waals surface area contributed by atoms with E-state index in [-0.39, 0.29) is 0 Å². The van der Waals surface area contributed by atoms with E-state index in [0.717, 1.165) is 16.8 Å². The fraction of sp³-hybridized carbons (Fsp3) is 0.182. The van der Waals surface area contributed by atoms with Gasteiger partial charge in [0.1, 0.15) is 5.82 Å². The van der Waals surface area contributed by atoms with Crippen LogP contribution in [0.4, 0.5) is 11.5 Å². The van der Waals surface area contributed by atoms with Gasteiger partial charge in [-0.15, -0.1) is 0 Å². The summed E-state index contributed by atoms with van der Waals surface area (Å²) in [6.45, 7) is 0. The van der Waals surface area contributed by atoms with Crippen molar-refractivity contribution >= 4 is 11.5 Å². The Kier molecular flexibility index (Phi) is 2.33. The maximum Gasteiger partial charge on any atom is 0.126 e. The number of hydrogen-bond acceptors (Lipinski definition) is 3. The molecule has 0 atom stereocenters. The highest BCUT2D eigenvalue weighted by Crippen LogP contribution is 2.26. The molecular weight excluding hydrogens is 188 g/mol. The van der Waals surface area contributed by atoms with Crippen LogP contribution in [0.1, 0.15) is 0 Å². The van der Waals surface area contributed by atoms with Crippen molar-refractivity contribution < 1.29 is 0 Å². The van der Waals surface area contributed by atoms with E-state index in [0.29, 0.717) is 5.82 Å². The van der Waals surface area contributed by atoms with Gasteiger partial charge >= 0.3 is 0 Å². The van der Waals surface area contributed by atoms with Crippen LogP contribution in [-0.4, -0.2) is 24.3 Å². The van der Waals surface area contributed by atoms with E-state index in [4.69, 9.17) is 5.73 Å². The van der Waals surface area contributed by atoms with Gasteiger partial charge < -0.3 is 10.6 Å². The molecule has 1 aromatic carbocycles. The number of aromatic amines is 1. The smallest absolute Gasteiger partial charge is 0.126 e. The molecule has 0 saturated carbocycles. The second-order valence-electron chi connectivity index (χ2n) is 3.64. The molecule has 2 rings (SSSR count). The summed E-state index contributed by atoms with van der Waals surface area (Å²) in [7, 11) is 4.02. The molecule has 4 heteroatoms. The number of hydrogen-bond donors (Lipinski definition) is 2. The lowest BCUT2D eigenvalue weighted by atomic mass is 10.1. The van der Waals surface area contributed by atoms with Crippen LogP contribution < -0.4 is 10.6 Å². The minimum Gasteiger partial charge on any atom is -0.384 e. The van der Waals surface area contributed by atoms with Crippen LogP contribution in [0.2, 0.25) is 0 Å². The Morgan fingerprint density at radius 1 is 1.33 bits per heavy atom. The summed E-state index contributed by atoms with van der Waals surface area (Å²) < 4.78 is 0. The molecule has 0 saturated heterocycles.